The molecule has 0 bridgehead atoms. The summed E-state index contributed by atoms with van der Waals surface area (Å²) < 4.78 is 261. The highest BCUT2D eigenvalue weighted by Crippen LogP contribution is 2.42. The maximum atomic E-state index is 12.7. The molecule has 0 spiro atoms. The van der Waals surface area contributed by atoms with Gasteiger partial charge in [-0.3, -0.25) is 4.79 Å². The zero-order chi connectivity index (χ0) is 96.6. The van der Waals surface area contributed by atoms with Gasteiger partial charge in [-0.1, -0.05) is 60.7 Å². The van der Waals surface area contributed by atoms with E-state index >= 15 is 0 Å². The summed E-state index contributed by atoms with van der Waals surface area (Å²) in [4.78, 5) is 32.3. The van der Waals surface area contributed by atoms with E-state index in [9.17, 15) is 53.1 Å². The van der Waals surface area contributed by atoms with Gasteiger partial charge in [0.1, 0.15) is 69.2 Å². The number of aliphatic hydroxyl groups is 2. The highest BCUT2D eigenvalue weighted by Gasteiger charge is 2.52. The number of nitrogens with one attached hydrogen (secondary N) is 1. The Morgan fingerprint density at radius 2 is 0.699 bits per heavy atom. The van der Waals surface area contributed by atoms with Gasteiger partial charge in [-0.2, -0.15) is 43.2 Å². The van der Waals surface area contributed by atoms with Gasteiger partial charge in [0.05, 0.1) is 128 Å². The molecular formula is C90H115F6N5O33S2. The molecule has 4 atom stereocenters. The van der Waals surface area contributed by atoms with E-state index in [1.807, 2.05) is 66.7 Å². The molecule has 4 unspecified atom stereocenters. The zero-order valence-corrected chi connectivity index (χ0v) is 77.3. The number of H-pyrrole nitrogens is 1. The molecule has 9 fully saturated rings. The number of methoxy groups -OCH3 is 4. The zero-order valence-electron chi connectivity index (χ0n) is 75.6. The molecule has 16 rings (SSSR count). The normalized spacial score (nSPS) is 20.6. The summed E-state index contributed by atoms with van der Waals surface area (Å²) in [6.45, 7) is 8.18. The van der Waals surface area contributed by atoms with Gasteiger partial charge in [0, 0.05) is 116 Å². The largest absolute Gasteiger partial charge is 0.534 e. The van der Waals surface area contributed by atoms with Crippen LogP contribution in [0.3, 0.4) is 0 Å². The molecule has 9 saturated heterocycles. The fraction of sp³-hybridized carbons (Fsp3) is 0.589. The maximum absolute atomic E-state index is 12.7. The van der Waals surface area contributed by atoms with E-state index < -0.39 is 70.8 Å². The minimum Gasteiger partial charge on any atom is -0.489 e. The summed E-state index contributed by atoms with van der Waals surface area (Å²) in [7, 11) is -5.72. The third kappa shape index (κ3) is 30.5. The van der Waals surface area contributed by atoms with Crippen LogP contribution in [0.25, 0.3) is 0 Å². The molecule has 14 heterocycles. The van der Waals surface area contributed by atoms with Gasteiger partial charge in [-0.15, -0.1) is 0 Å². The molecule has 9 aliphatic heterocycles. The van der Waals surface area contributed by atoms with Crippen molar-refractivity contribution in [1.29, 1.82) is 0 Å². The van der Waals surface area contributed by atoms with Crippen LogP contribution >= 0.6 is 0 Å². The van der Waals surface area contributed by atoms with Crippen LogP contribution in [0.1, 0.15) is 117 Å². The number of alkyl halides is 6. The van der Waals surface area contributed by atoms with Gasteiger partial charge >= 0.3 is 31.3 Å². The van der Waals surface area contributed by atoms with Crippen LogP contribution in [0.4, 0.5) is 26.3 Å². The molecule has 38 nitrogen and oxygen atoms in total. The molecule has 7 aromatic rings. The summed E-state index contributed by atoms with van der Waals surface area (Å²) in [5.74, 6) is 0.925. The molecule has 0 amide bonds. The van der Waals surface area contributed by atoms with Crippen LogP contribution in [0.2, 0.25) is 0 Å². The van der Waals surface area contributed by atoms with E-state index in [4.69, 9.17) is 119 Å². The number of rotatable bonds is 42. The Balaban J connectivity index is 0.000000153. The third-order valence-corrected chi connectivity index (χ3v) is 24.1. The summed E-state index contributed by atoms with van der Waals surface area (Å²) in [5.41, 5.74) is -11.4. The molecule has 5 aromatic heterocycles. The maximum Gasteiger partial charge on any atom is 0.534 e. The van der Waals surface area contributed by atoms with E-state index in [2.05, 4.69) is 33.3 Å². The summed E-state index contributed by atoms with van der Waals surface area (Å²) in [6, 6.07) is 33.9. The number of aliphatic hydroxyl groups excluding tert-OH is 1. The van der Waals surface area contributed by atoms with Crippen LogP contribution in [-0.4, -0.2) is 275 Å². The lowest BCUT2D eigenvalue weighted by Crippen LogP contribution is -2.49. The Hall–Kier alpha value is -9.09. The quantitative estimate of drug-likeness (QED) is 0.0138. The van der Waals surface area contributed by atoms with Gasteiger partial charge in [-0.25, -0.2) is 19.9 Å². The fourth-order valence-corrected chi connectivity index (χ4v) is 14.9. The lowest BCUT2D eigenvalue weighted by molar-refractivity contribution is -0.204. The number of nitrogens with zero attached hydrogens (tertiary/aromatic N) is 4. The summed E-state index contributed by atoms with van der Waals surface area (Å²) >= 11 is 0. The van der Waals surface area contributed by atoms with Crippen LogP contribution < -0.4 is 47.0 Å². The first kappa shape index (κ1) is 106. The van der Waals surface area contributed by atoms with Crippen molar-refractivity contribution in [2.45, 2.75) is 154 Å². The SMILES string of the molecule is COC1(c2cc(=O)cc(OCCOC3CCCCO3)[nH]2)COC1.COC1(c2cc(OCc3ccccc3)cc(OCCOC3CCCCO3)n2)COC1.COC1(c2cc(OS(=O)(=O)C(F)(F)F)cc(OCCO)n2)COC1.COC1(c2cc(OS(=O)(=O)C(F)(F)F)cc(OCCOC3CCCCO3)n2)COC1.OC1(c2cc(OCc3ccccc3)cc(OCCOC3CCCCO3)n2)COC1. The average Bonchev–Trinajstić information content (AvgIpc) is 0.610. The van der Waals surface area contributed by atoms with Crippen molar-refractivity contribution in [3.05, 3.63) is 171 Å². The molecular weight excluding hydrogens is 1860 g/mol. The molecule has 136 heavy (non-hydrogen) atoms. The van der Waals surface area contributed by atoms with Gasteiger partial charge in [0.2, 0.25) is 23.5 Å². The number of aromatic nitrogens is 5. The smallest absolute Gasteiger partial charge is 0.489 e. The second kappa shape index (κ2) is 50.7. The van der Waals surface area contributed by atoms with Crippen LogP contribution in [0.5, 0.6) is 52.4 Å². The van der Waals surface area contributed by atoms with Crippen LogP contribution in [0, 0.1) is 0 Å². The number of pyridine rings is 5. The predicted octanol–water partition coefficient (Wildman–Crippen LogP) is 10.1. The molecule has 3 N–H and O–H groups in total. The Morgan fingerprint density at radius 1 is 0.382 bits per heavy atom. The van der Waals surface area contributed by atoms with E-state index in [0.717, 1.165) is 138 Å². The molecule has 0 saturated carbocycles. The van der Waals surface area contributed by atoms with Crippen LogP contribution in [0.15, 0.2) is 126 Å². The Kier molecular flexibility index (Phi) is 39.4. The van der Waals surface area contributed by atoms with Crippen molar-refractivity contribution in [3.8, 4) is 52.4 Å². The monoisotopic (exact) mass is 1970 g/mol. The van der Waals surface area contributed by atoms with Gasteiger partial charge in [-0.05, 0) is 88.2 Å². The number of halogens is 6. The predicted molar refractivity (Wildman–Crippen MR) is 462 cm³/mol. The standard InChI is InChI=1S/C23H29NO6.C22H27NO6.C17H22F3NO8S.C16H23NO6.C12H14F3NO7S/c1-25-23(16-26-17-23)20-13-19(30-15-18-7-3-2-4-8-18)14-21(24-20)27-11-12-29-22-9-5-6-10-28-22;24-22(15-25-16-22)19-12-18(29-14-17-6-2-1-3-7-17)13-20(23-19)26-10-11-28-21-8-4-5-9-27-21;1-24-16(10-25-11-16)13-8-12(29-30(22,23)17(18,19)20)9-14(21-13)26-6-7-28-15-4-2-3-5-27-15;1-19-16(10-20-11-16)13-8-12(18)9-14(17-13)21-6-7-23-15-4-2-3-5-22-15;1-20-11(6-21-7-11)9-4-8(5-10(16-9)22-3-2-17)23-24(18,19)12(13,14)15/h2-4,7-8,13-14,22H,5-6,9-12,15-17H2,1H3;1-3,6-7,12-13,21,24H,4-5,8-11,14-16H2;8-9,15H,2-7,10-11H2,1H3;8-9,15H,2-7,10-11H2,1H3,(H,17,18);4-5,17H,2-3,6-7H2,1H3. The minimum absolute atomic E-state index is 0.0122. The fourth-order valence-electron chi connectivity index (χ4n) is 14.0. The molecule has 752 valence electrons. The number of hydrogen-bond acceptors (Lipinski definition) is 37. The number of aromatic amines is 1. The highest BCUT2D eigenvalue weighted by atomic mass is 32.2. The van der Waals surface area contributed by atoms with Gasteiger partial charge in [0.25, 0.3) is 0 Å². The molecule has 9 aliphatic rings. The molecule has 2 aromatic carbocycles. The molecule has 0 radical (unpaired) electrons. The van der Waals surface area contributed by atoms with E-state index in [1.165, 1.54) is 26.4 Å². The summed E-state index contributed by atoms with van der Waals surface area (Å²) in [6.07, 6.45) is 11.4. The third-order valence-electron chi connectivity index (χ3n) is 22.1. The van der Waals surface area contributed by atoms with Crippen molar-refractivity contribution >= 4 is 20.2 Å². The highest BCUT2D eigenvalue weighted by molar-refractivity contribution is 7.88. The topological polar surface area (TPSA) is 433 Å². The van der Waals surface area contributed by atoms with Crippen molar-refractivity contribution < 1.29 is 175 Å². The van der Waals surface area contributed by atoms with Crippen molar-refractivity contribution in [2.75, 3.05) is 187 Å². The van der Waals surface area contributed by atoms with E-state index in [-0.39, 0.29) is 120 Å². The summed E-state index contributed by atoms with van der Waals surface area (Å²) in [5, 5.41) is 19.4. The van der Waals surface area contributed by atoms with Crippen LogP contribution in [-0.2, 0) is 142 Å². The second-order valence-corrected chi connectivity index (χ2v) is 35.2. The molecule has 0 aliphatic carbocycles. The Bertz CT molecular complexity index is 5080. The first-order valence-electron chi connectivity index (χ1n) is 44.2. The minimum atomic E-state index is -5.86. The number of hydrogen-bond donors (Lipinski definition) is 3. The van der Waals surface area contributed by atoms with E-state index in [1.54, 1.807) is 32.4 Å². The number of ether oxygens (including phenoxy) is 24. The molecule has 46 heteroatoms. The first-order chi connectivity index (χ1) is 65.5. The van der Waals surface area contributed by atoms with E-state index in [0.29, 0.717) is 126 Å². The lowest BCUT2D eigenvalue weighted by atomic mass is 9.96. The van der Waals surface area contributed by atoms with Crippen molar-refractivity contribution in [1.82, 2.24) is 24.9 Å². The first-order valence-corrected chi connectivity index (χ1v) is 47.0. The van der Waals surface area contributed by atoms with Gasteiger partial charge in [0.15, 0.2) is 64.5 Å². The lowest BCUT2D eigenvalue weighted by Gasteiger charge is -2.39. The Labute approximate surface area is 782 Å². The number of benzene rings is 2. The van der Waals surface area contributed by atoms with Gasteiger partial charge < -0.3 is 137 Å². The average molecular weight is 1970 g/mol. The second-order valence-electron chi connectivity index (χ2n) is 32.1. The van der Waals surface area contributed by atoms with Crippen molar-refractivity contribution in [3.63, 3.8) is 0 Å². The van der Waals surface area contributed by atoms with Crippen molar-refractivity contribution in [2.24, 2.45) is 0 Å². The Morgan fingerprint density at radius 3 is 1.00 bits per heavy atom.